The molecule has 186 valence electrons. The van der Waals surface area contributed by atoms with Crippen LogP contribution >= 0.6 is 0 Å². The molecule has 3 rings (SSSR count). The van der Waals surface area contributed by atoms with Crippen LogP contribution in [0.5, 0.6) is 0 Å². The fraction of sp³-hybridized carbons (Fsp3) is 0.552. The molecular weight excluding hydrogens is 424 g/mol. The van der Waals surface area contributed by atoms with Gasteiger partial charge in [-0.2, -0.15) is 0 Å². The molecule has 0 aromatic heterocycles. The molecule has 1 saturated carbocycles. The Kier molecular flexibility index (Phi) is 10.6. The number of nitrogens with one attached hydrogen (secondary N) is 2. The lowest BCUT2D eigenvalue weighted by Gasteiger charge is -2.30. The molecule has 5 heteroatoms. The summed E-state index contributed by atoms with van der Waals surface area (Å²) in [7, 11) is 3.63. The maximum absolute atomic E-state index is 13.2. The number of ether oxygens (including phenoxy) is 1. The third-order valence-corrected chi connectivity index (χ3v) is 7.12. The summed E-state index contributed by atoms with van der Waals surface area (Å²) in [5, 5.41) is 18.4. The Labute approximate surface area is 205 Å². The van der Waals surface area contributed by atoms with Crippen molar-refractivity contribution in [3.63, 3.8) is 0 Å². The van der Waals surface area contributed by atoms with Gasteiger partial charge in [0.25, 0.3) is 5.91 Å². The fourth-order valence-corrected chi connectivity index (χ4v) is 5.25. The second-order valence-electron chi connectivity index (χ2n) is 9.72. The fourth-order valence-electron chi connectivity index (χ4n) is 5.25. The Morgan fingerprint density at radius 1 is 1.06 bits per heavy atom. The SMILES string of the molecule is CNCC(CC1CCCCC1)NC(=O)c1cccc(C(O)(CCCCOC)c2ccccc2)c1. The molecule has 1 aliphatic rings. The average molecular weight is 467 g/mol. The molecule has 0 bridgehead atoms. The number of unbranched alkanes of at least 4 members (excludes halogenated alkanes) is 1. The van der Waals surface area contributed by atoms with Gasteiger partial charge in [-0.05, 0) is 61.9 Å². The Bertz CT molecular complexity index is 867. The Morgan fingerprint density at radius 2 is 1.79 bits per heavy atom. The van der Waals surface area contributed by atoms with E-state index in [1.807, 2.05) is 61.6 Å². The minimum Gasteiger partial charge on any atom is -0.385 e. The van der Waals surface area contributed by atoms with Crippen molar-refractivity contribution in [3.8, 4) is 0 Å². The second kappa shape index (κ2) is 13.6. The highest BCUT2D eigenvalue weighted by atomic mass is 16.5. The van der Waals surface area contributed by atoms with E-state index in [-0.39, 0.29) is 11.9 Å². The molecule has 0 spiro atoms. The third kappa shape index (κ3) is 7.39. The van der Waals surface area contributed by atoms with E-state index in [1.54, 1.807) is 7.11 Å². The lowest BCUT2D eigenvalue weighted by atomic mass is 9.81. The molecule has 2 atom stereocenters. The number of aliphatic hydroxyl groups is 1. The van der Waals surface area contributed by atoms with Crippen molar-refractivity contribution in [2.45, 2.75) is 69.4 Å². The summed E-state index contributed by atoms with van der Waals surface area (Å²) in [6, 6.07) is 17.3. The van der Waals surface area contributed by atoms with Crippen LogP contribution in [-0.4, -0.2) is 44.4 Å². The largest absolute Gasteiger partial charge is 0.385 e. The minimum absolute atomic E-state index is 0.0762. The van der Waals surface area contributed by atoms with Crippen LogP contribution in [-0.2, 0) is 10.3 Å². The summed E-state index contributed by atoms with van der Waals surface area (Å²) in [6.07, 6.45) is 9.74. The van der Waals surface area contributed by atoms with Gasteiger partial charge in [-0.1, -0.05) is 74.6 Å². The standard InChI is InChI=1S/C29H42N2O3/c1-30-22-27(20-23-12-5-3-6-13-23)31-28(32)24-14-11-17-26(21-24)29(33,18-9-10-19-34-2)25-15-7-4-8-16-25/h4,7-8,11,14-17,21,23,27,30,33H,3,5-6,9-10,12-13,18-20,22H2,1-2H3,(H,31,32). The highest BCUT2D eigenvalue weighted by molar-refractivity contribution is 5.94. The molecule has 3 N–H and O–H groups in total. The van der Waals surface area contributed by atoms with Crippen LogP contribution in [0.1, 0.15) is 79.3 Å². The predicted molar refractivity (Wildman–Crippen MR) is 138 cm³/mol. The van der Waals surface area contributed by atoms with E-state index in [0.29, 0.717) is 24.5 Å². The van der Waals surface area contributed by atoms with Crippen molar-refractivity contribution in [1.82, 2.24) is 10.6 Å². The Morgan fingerprint density at radius 3 is 2.50 bits per heavy atom. The van der Waals surface area contributed by atoms with Gasteiger partial charge in [0.2, 0.25) is 0 Å². The van der Waals surface area contributed by atoms with Gasteiger partial charge in [-0.3, -0.25) is 4.79 Å². The van der Waals surface area contributed by atoms with Crippen molar-refractivity contribution in [1.29, 1.82) is 0 Å². The molecule has 1 aliphatic carbocycles. The second-order valence-corrected chi connectivity index (χ2v) is 9.72. The van der Waals surface area contributed by atoms with Crippen LogP contribution in [0.25, 0.3) is 0 Å². The van der Waals surface area contributed by atoms with Crippen LogP contribution in [0, 0.1) is 5.92 Å². The summed E-state index contributed by atoms with van der Waals surface area (Å²) in [5.74, 6) is 0.613. The van der Waals surface area contributed by atoms with E-state index >= 15 is 0 Å². The van der Waals surface area contributed by atoms with Crippen molar-refractivity contribution in [3.05, 3.63) is 71.3 Å². The normalized spacial score (nSPS) is 17.1. The third-order valence-electron chi connectivity index (χ3n) is 7.12. The van der Waals surface area contributed by atoms with E-state index in [4.69, 9.17) is 4.74 Å². The molecule has 1 amide bonds. The van der Waals surface area contributed by atoms with Crippen molar-refractivity contribution in [2.75, 3.05) is 27.3 Å². The number of likely N-dealkylation sites (N-methyl/N-ethyl adjacent to an activating group) is 1. The number of benzene rings is 2. The highest BCUT2D eigenvalue weighted by Crippen LogP contribution is 2.35. The monoisotopic (exact) mass is 466 g/mol. The number of hydrogen-bond donors (Lipinski definition) is 3. The molecule has 2 unspecified atom stereocenters. The molecular formula is C29H42N2O3. The van der Waals surface area contributed by atoms with Crippen molar-refractivity contribution < 1.29 is 14.6 Å². The Balaban J connectivity index is 1.77. The summed E-state index contributed by atoms with van der Waals surface area (Å²) < 4.78 is 5.19. The van der Waals surface area contributed by atoms with E-state index in [9.17, 15) is 9.90 Å². The van der Waals surface area contributed by atoms with Gasteiger partial charge in [-0.25, -0.2) is 0 Å². The zero-order valence-corrected chi connectivity index (χ0v) is 20.9. The summed E-state index contributed by atoms with van der Waals surface area (Å²) in [5.41, 5.74) is 1.03. The molecule has 5 nitrogen and oxygen atoms in total. The number of carbonyl (C=O) groups is 1. The molecule has 0 heterocycles. The van der Waals surface area contributed by atoms with E-state index < -0.39 is 5.60 Å². The molecule has 0 aliphatic heterocycles. The predicted octanol–water partition coefficient (Wildman–Crippen LogP) is 5.03. The van der Waals surface area contributed by atoms with Crippen LogP contribution < -0.4 is 10.6 Å². The van der Waals surface area contributed by atoms with E-state index in [1.165, 1.54) is 32.1 Å². The first-order valence-corrected chi connectivity index (χ1v) is 12.9. The van der Waals surface area contributed by atoms with Gasteiger partial charge >= 0.3 is 0 Å². The maximum atomic E-state index is 13.2. The number of amides is 1. The van der Waals surface area contributed by atoms with Crippen molar-refractivity contribution in [2.24, 2.45) is 5.92 Å². The van der Waals surface area contributed by atoms with Gasteiger partial charge in [0.05, 0.1) is 0 Å². The van der Waals surface area contributed by atoms with Gasteiger partial charge in [0, 0.05) is 31.9 Å². The molecule has 1 fully saturated rings. The maximum Gasteiger partial charge on any atom is 0.251 e. The van der Waals surface area contributed by atoms with Gasteiger partial charge in [0.1, 0.15) is 5.60 Å². The quantitative estimate of drug-likeness (QED) is 0.362. The molecule has 0 saturated heterocycles. The molecule has 2 aromatic rings. The van der Waals surface area contributed by atoms with Gasteiger partial charge in [-0.15, -0.1) is 0 Å². The lowest BCUT2D eigenvalue weighted by Crippen LogP contribution is -2.42. The van der Waals surface area contributed by atoms with Gasteiger partial charge in [0.15, 0.2) is 0 Å². The summed E-state index contributed by atoms with van der Waals surface area (Å²) in [4.78, 5) is 13.2. The number of rotatable bonds is 13. The number of methoxy groups -OCH3 is 1. The zero-order valence-electron chi connectivity index (χ0n) is 20.9. The van der Waals surface area contributed by atoms with Crippen LogP contribution in [0.2, 0.25) is 0 Å². The van der Waals surface area contributed by atoms with Crippen LogP contribution in [0.15, 0.2) is 54.6 Å². The van der Waals surface area contributed by atoms with Crippen LogP contribution in [0.4, 0.5) is 0 Å². The molecule has 0 radical (unpaired) electrons. The summed E-state index contributed by atoms with van der Waals surface area (Å²) >= 11 is 0. The molecule has 2 aromatic carbocycles. The van der Waals surface area contributed by atoms with Crippen LogP contribution in [0.3, 0.4) is 0 Å². The van der Waals surface area contributed by atoms with Gasteiger partial charge < -0.3 is 20.5 Å². The number of carbonyl (C=O) groups excluding carboxylic acids is 1. The summed E-state index contributed by atoms with van der Waals surface area (Å²) in [6.45, 7) is 1.43. The molecule has 34 heavy (non-hydrogen) atoms. The van der Waals surface area contributed by atoms with E-state index in [0.717, 1.165) is 36.9 Å². The first-order chi connectivity index (χ1) is 16.6. The number of hydrogen-bond acceptors (Lipinski definition) is 4. The zero-order chi connectivity index (χ0) is 24.2. The first kappa shape index (κ1) is 26.4. The Hall–Kier alpha value is -2.21. The average Bonchev–Trinajstić information content (AvgIpc) is 2.88. The smallest absolute Gasteiger partial charge is 0.251 e. The topological polar surface area (TPSA) is 70.6 Å². The minimum atomic E-state index is -1.15. The lowest BCUT2D eigenvalue weighted by molar-refractivity contribution is 0.0650. The highest BCUT2D eigenvalue weighted by Gasteiger charge is 2.31. The van der Waals surface area contributed by atoms with Crippen molar-refractivity contribution >= 4 is 5.91 Å². The first-order valence-electron chi connectivity index (χ1n) is 12.9. The van der Waals surface area contributed by atoms with E-state index in [2.05, 4.69) is 10.6 Å².